The Kier molecular flexibility index (Phi) is 3.77. The van der Waals surface area contributed by atoms with Crippen LogP contribution in [0.2, 0.25) is 0 Å². The molecule has 2 nitrogen and oxygen atoms in total. The van der Waals surface area contributed by atoms with Crippen LogP contribution in [0.25, 0.3) is 5.57 Å². The molecule has 0 radical (unpaired) electrons. The van der Waals surface area contributed by atoms with Gasteiger partial charge in [-0.05, 0) is 11.6 Å². The second-order valence-electron chi connectivity index (χ2n) is 3.06. The molecule has 72 valence electrons. The second kappa shape index (κ2) is 4.87. The Morgan fingerprint density at radius 3 is 2.69 bits per heavy atom. The van der Waals surface area contributed by atoms with E-state index in [2.05, 4.69) is 20.4 Å². The lowest BCUT2D eigenvalue weighted by molar-refractivity contribution is 0.128. The molecule has 1 aromatic heterocycles. The highest BCUT2D eigenvalue weighted by atomic mass is 16.5. The van der Waals surface area contributed by atoms with Crippen LogP contribution in [0, 0.1) is 0 Å². The van der Waals surface area contributed by atoms with E-state index in [0.29, 0.717) is 13.2 Å². The van der Waals surface area contributed by atoms with Gasteiger partial charge in [0.1, 0.15) is 12.4 Å². The number of hydrogen-bond acceptors (Lipinski definition) is 2. The molecule has 2 heteroatoms. The van der Waals surface area contributed by atoms with E-state index in [4.69, 9.17) is 9.15 Å². The number of hydrogen-bond donors (Lipinski definition) is 0. The van der Waals surface area contributed by atoms with Gasteiger partial charge in [-0.2, -0.15) is 0 Å². The van der Waals surface area contributed by atoms with Crippen molar-refractivity contribution in [3.05, 3.63) is 30.2 Å². The molecule has 2 heterocycles. The Morgan fingerprint density at radius 1 is 1.38 bits per heavy atom. The van der Waals surface area contributed by atoms with Crippen LogP contribution < -0.4 is 0 Å². The van der Waals surface area contributed by atoms with E-state index in [1.807, 2.05) is 6.07 Å². The Balaban J connectivity index is 0.000000251. The highest BCUT2D eigenvalue weighted by molar-refractivity contribution is 5.66. The standard InChI is InChI=1S/C8H8O2.C3H8/c1-6-4-9-5-8-7(6)2-3-10-8;1-3-2/h2-3H,1,4-5H2;3H2,1-2H3. The first-order valence-electron chi connectivity index (χ1n) is 4.61. The first-order valence-corrected chi connectivity index (χ1v) is 4.61. The third kappa shape index (κ3) is 2.46. The van der Waals surface area contributed by atoms with Crippen molar-refractivity contribution in [2.24, 2.45) is 0 Å². The lowest BCUT2D eigenvalue weighted by Gasteiger charge is -2.12. The number of ether oxygens (including phenoxy) is 1. The molecule has 13 heavy (non-hydrogen) atoms. The highest BCUT2D eigenvalue weighted by Gasteiger charge is 2.14. The maximum atomic E-state index is 5.17. The van der Waals surface area contributed by atoms with Crippen molar-refractivity contribution in [2.75, 3.05) is 6.61 Å². The van der Waals surface area contributed by atoms with E-state index in [-0.39, 0.29) is 0 Å². The molecule has 0 fully saturated rings. The predicted octanol–water partition coefficient (Wildman–Crippen LogP) is 3.24. The highest BCUT2D eigenvalue weighted by Crippen LogP contribution is 2.24. The number of furan rings is 1. The SMILES string of the molecule is C=C1COCc2occc21.CCC. The van der Waals surface area contributed by atoms with Gasteiger partial charge in [-0.15, -0.1) is 0 Å². The molecule has 0 bridgehead atoms. The zero-order valence-electron chi connectivity index (χ0n) is 8.30. The van der Waals surface area contributed by atoms with Crippen molar-refractivity contribution in [1.82, 2.24) is 0 Å². The molecule has 1 aliphatic heterocycles. The second-order valence-corrected chi connectivity index (χ2v) is 3.06. The minimum absolute atomic E-state index is 0.585. The van der Waals surface area contributed by atoms with Gasteiger partial charge in [0.15, 0.2) is 0 Å². The molecule has 0 aromatic carbocycles. The van der Waals surface area contributed by atoms with Crippen LogP contribution >= 0.6 is 0 Å². The van der Waals surface area contributed by atoms with Crippen LogP contribution in [-0.2, 0) is 11.3 Å². The van der Waals surface area contributed by atoms with Gasteiger partial charge in [0.25, 0.3) is 0 Å². The summed E-state index contributed by atoms with van der Waals surface area (Å²) >= 11 is 0. The van der Waals surface area contributed by atoms with E-state index in [1.165, 1.54) is 6.42 Å². The van der Waals surface area contributed by atoms with E-state index >= 15 is 0 Å². The Hall–Kier alpha value is -1.02. The molecule has 0 aliphatic carbocycles. The molecule has 0 N–H and O–H groups in total. The van der Waals surface area contributed by atoms with Gasteiger partial charge in [-0.1, -0.05) is 26.8 Å². The largest absolute Gasteiger partial charge is 0.466 e. The van der Waals surface area contributed by atoms with E-state index in [9.17, 15) is 0 Å². The average Bonchev–Trinajstić information content (AvgIpc) is 2.54. The van der Waals surface area contributed by atoms with Crippen LogP contribution in [0.3, 0.4) is 0 Å². The Labute approximate surface area is 79.2 Å². The summed E-state index contributed by atoms with van der Waals surface area (Å²) in [5, 5.41) is 0. The Morgan fingerprint density at radius 2 is 2.08 bits per heavy atom. The zero-order chi connectivity index (χ0) is 9.68. The minimum Gasteiger partial charge on any atom is -0.466 e. The van der Waals surface area contributed by atoms with E-state index in [1.54, 1.807) is 6.26 Å². The minimum atomic E-state index is 0.585. The molecule has 1 aliphatic rings. The van der Waals surface area contributed by atoms with E-state index < -0.39 is 0 Å². The summed E-state index contributed by atoms with van der Waals surface area (Å²) in [6.45, 7) is 9.31. The van der Waals surface area contributed by atoms with Crippen molar-refractivity contribution in [1.29, 1.82) is 0 Å². The molecule has 0 amide bonds. The molecule has 0 unspecified atom stereocenters. The van der Waals surface area contributed by atoms with Crippen molar-refractivity contribution in [3.8, 4) is 0 Å². The van der Waals surface area contributed by atoms with Crippen LogP contribution in [0.4, 0.5) is 0 Å². The molecule has 0 saturated carbocycles. The first-order chi connectivity index (χ1) is 6.29. The smallest absolute Gasteiger partial charge is 0.136 e. The summed E-state index contributed by atoms with van der Waals surface area (Å²) in [4.78, 5) is 0. The van der Waals surface area contributed by atoms with Gasteiger partial charge in [0, 0.05) is 5.56 Å². The topological polar surface area (TPSA) is 22.4 Å². The summed E-state index contributed by atoms with van der Waals surface area (Å²) in [6, 6.07) is 1.93. The van der Waals surface area contributed by atoms with Gasteiger partial charge in [0.2, 0.25) is 0 Å². The van der Waals surface area contributed by atoms with Crippen molar-refractivity contribution in [2.45, 2.75) is 26.9 Å². The summed E-state index contributed by atoms with van der Waals surface area (Å²) in [6.07, 6.45) is 2.92. The van der Waals surface area contributed by atoms with Crippen LogP contribution in [0.15, 0.2) is 23.3 Å². The fourth-order valence-corrected chi connectivity index (χ4v) is 1.11. The summed E-state index contributed by atoms with van der Waals surface area (Å²) in [5.74, 6) is 0.899. The predicted molar refractivity (Wildman–Crippen MR) is 53.4 cm³/mol. The van der Waals surface area contributed by atoms with E-state index in [0.717, 1.165) is 16.9 Å². The lowest BCUT2D eigenvalue weighted by atomic mass is 10.1. The molecule has 0 spiro atoms. The van der Waals surface area contributed by atoms with Crippen LogP contribution in [0.1, 0.15) is 31.6 Å². The van der Waals surface area contributed by atoms with Gasteiger partial charge >= 0.3 is 0 Å². The van der Waals surface area contributed by atoms with Crippen molar-refractivity contribution in [3.63, 3.8) is 0 Å². The summed E-state index contributed by atoms with van der Waals surface area (Å²) < 4.78 is 10.3. The fraction of sp³-hybridized carbons (Fsp3) is 0.455. The Bertz CT molecular complexity index is 273. The third-order valence-corrected chi connectivity index (χ3v) is 1.64. The molecule has 0 atom stereocenters. The average molecular weight is 180 g/mol. The van der Waals surface area contributed by atoms with Crippen LogP contribution in [0.5, 0.6) is 0 Å². The zero-order valence-corrected chi connectivity index (χ0v) is 8.30. The normalized spacial score (nSPS) is 14.5. The maximum Gasteiger partial charge on any atom is 0.136 e. The molecular formula is C11H16O2. The van der Waals surface area contributed by atoms with Gasteiger partial charge in [-0.25, -0.2) is 0 Å². The summed E-state index contributed by atoms with van der Waals surface area (Å²) in [5.41, 5.74) is 2.13. The monoisotopic (exact) mass is 180 g/mol. The molecule has 1 aromatic rings. The number of fused-ring (bicyclic) bond motifs is 1. The first kappa shape index (κ1) is 10.1. The third-order valence-electron chi connectivity index (χ3n) is 1.64. The fourth-order valence-electron chi connectivity index (χ4n) is 1.11. The molecule has 2 rings (SSSR count). The molecule has 0 saturated heterocycles. The quantitative estimate of drug-likeness (QED) is 0.611. The maximum absolute atomic E-state index is 5.17. The van der Waals surface area contributed by atoms with Crippen LogP contribution in [-0.4, -0.2) is 6.61 Å². The molecular weight excluding hydrogens is 164 g/mol. The van der Waals surface area contributed by atoms with Crippen molar-refractivity contribution >= 4 is 5.57 Å². The lowest BCUT2D eigenvalue weighted by Crippen LogP contribution is -2.05. The summed E-state index contributed by atoms with van der Waals surface area (Å²) in [7, 11) is 0. The number of rotatable bonds is 0. The van der Waals surface area contributed by atoms with Gasteiger partial charge in [-0.3, -0.25) is 0 Å². The van der Waals surface area contributed by atoms with Gasteiger partial charge in [0.05, 0.1) is 12.9 Å². The van der Waals surface area contributed by atoms with Gasteiger partial charge < -0.3 is 9.15 Å². The van der Waals surface area contributed by atoms with Crippen molar-refractivity contribution < 1.29 is 9.15 Å².